The van der Waals surface area contributed by atoms with Gasteiger partial charge in [-0.3, -0.25) is 0 Å². The van der Waals surface area contributed by atoms with Gasteiger partial charge < -0.3 is 4.98 Å². The molecule has 0 radical (unpaired) electrons. The van der Waals surface area contributed by atoms with Crippen molar-refractivity contribution in [2.45, 2.75) is 0 Å². The molecule has 0 spiro atoms. The lowest BCUT2D eigenvalue weighted by molar-refractivity contribution is 0.630. The Hall–Kier alpha value is -0.500. The highest BCUT2D eigenvalue weighted by Gasteiger charge is 1.93. The van der Waals surface area contributed by atoms with E-state index in [1.165, 1.54) is 12.4 Å². The molecule has 1 rings (SSSR count). The van der Waals surface area contributed by atoms with E-state index in [1.54, 1.807) is 0 Å². The van der Waals surface area contributed by atoms with Crippen molar-refractivity contribution >= 4 is 11.6 Å². The van der Waals surface area contributed by atoms with Crippen molar-refractivity contribution in [3.8, 4) is 0 Å². The third-order valence-corrected chi connectivity index (χ3v) is 0.938. The Morgan fingerprint density at radius 3 is 2.43 bits per heavy atom. The molecule has 0 aliphatic carbocycles. The number of halogens is 2. The molecule has 0 bridgehead atoms. The van der Waals surface area contributed by atoms with Gasteiger partial charge in [0.1, 0.15) is 0 Å². The average Bonchev–Trinajstić information content (AvgIpc) is 1.91. The Balaban J connectivity index is 3.12. The summed E-state index contributed by atoms with van der Waals surface area (Å²) < 4.78 is 11.9. The van der Waals surface area contributed by atoms with Crippen LogP contribution in [0.4, 0.5) is 4.39 Å². The number of H-pyrrole nitrogens is 1. The molecule has 1 aromatic rings. The van der Waals surface area contributed by atoms with Crippen molar-refractivity contribution in [3.63, 3.8) is 0 Å². The van der Waals surface area contributed by atoms with Gasteiger partial charge in [-0.15, -0.1) is 0 Å². The molecule has 0 aliphatic heterocycles. The first kappa shape index (κ1) is 4.65. The molecule has 0 unspecified atom stereocenters. The third-order valence-electron chi connectivity index (χ3n) is 0.648. The van der Waals surface area contributed by atoms with Crippen LogP contribution in [0.1, 0.15) is 0 Å². The van der Waals surface area contributed by atoms with Crippen molar-refractivity contribution in [3.05, 3.63) is 23.2 Å². The Kier molecular flexibility index (Phi) is 1.02. The fourth-order valence-corrected chi connectivity index (χ4v) is 0.443. The second-order valence-corrected chi connectivity index (χ2v) is 1.56. The molecule has 1 N–H and O–H groups in total. The van der Waals surface area contributed by atoms with E-state index in [-0.39, 0.29) is 5.02 Å². The minimum Gasteiger partial charge on any atom is -0.364 e. The number of hydrogen-bond donors (Lipinski definition) is 1. The lowest BCUT2D eigenvalue weighted by Crippen LogP contribution is -1.57. The maximum Gasteiger partial charge on any atom is 0.159 e. The van der Waals surface area contributed by atoms with Gasteiger partial charge in [-0.05, 0) is 0 Å². The summed E-state index contributed by atoms with van der Waals surface area (Å²) in [4.78, 5) is 2.49. The first-order valence-electron chi connectivity index (χ1n) is 1.78. The SMILES string of the molecule is Fc1c[nH]cc1Cl. The van der Waals surface area contributed by atoms with Gasteiger partial charge in [0.15, 0.2) is 5.82 Å². The molecular formula is C4H3ClFN. The van der Waals surface area contributed by atoms with Gasteiger partial charge in [0.2, 0.25) is 0 Å². The lowest BCUT2D eigenvalue weighted by Gasteiger charge is -1.71. The van der Waals surface area contributed by atoms with Crippen LogP contribution in [0.5, 0.6) is 0 Å². The number of nitrogens with one attached hydrogen (secondary N) is 1. The summed E-state index contributed by atoms with van der Waals surface area (Å²) in [5.74, 6) is -0.401. The Labute approximate surface area is 45.1 Å². The van der Waals surface area contributed by atoms with Crippen LogP contribution < -0.4 is 0 Å². The second-order valence-electron chi connectivity index (χ2n) is 1.15. The summed E-state index contributed by atoms with van der Waals surface area (Å²) in [7, 11) is 0. The molecule has 0 aliphatic rings. The molecule has 1 heterocycles. The standard InChI is InChI=1S/C4H3ClFN/c5-3-1-7-2-4(3)6/h1-2,7H. The summed E-state index contributed by atoms with van der Waals surface area (Å²) in [6.07, 6.45) is 2.58. The van der Waals surface area contributed by atoms with Crippen LogP contribution in [-0.4, -0.2) is 4.98 Å². The molecule has 0 amide bonds. The lowest BCUT2D eigenvalue weighted by atomic mass is 10.6. The van der Waals surface area contributed by atoms with Crippen LogP contribution >= 0.6 is 11.6 Å². The third kappa shape index (κ3) is 0.747. The molecular weight excluding hydrogens is 117 g/mol. The van der Waals surface area contributed by atoms with E-state index in [2.05, 4.69) is 4.98 Å². The minimum absolute atomic E-state index is 0.139. The van der Waals surface area contributed by atoms with E-state index in [9.17, 15) is 4.39 Å². The fraction of sp³-hybridized carbons (Fsp3) is 0. The average molecular weight is 120 g/mol. The van der Waals surface area contributed by atoms with Crippen LogP contribution in [0, 0.1) is 5.82 Å². The van der Waals surface area contributed by atoms with Gasteiger partial charge >= 0.3 is 0 Å². The van der Waals surface area contributed by atoms with E-state index in [0.717, 1.165) is 0 Å². The van der Waals surface area contributed by atoms with Crippen molar-refractivity contribution in [1.29, 1.82) is 0 Å². The van der Waals surface area contributed by atoms with Gasteiger partial charge in [0.25, 0.3) is 0 Å². The molecule has 0 aromatic carbocycles. The molecule has 3 heteroatoms. The summed E-state index contributed by atoms with van der Waals surface area (Å²) in [6.45, 7) is 0. The van der Waals surface area contributed by atoms with E-state index in [4.69, 9.17) is 11.6 Å². The number of aromatic amines is 1. The van der Waals surface area contributed by atoms with Crippen molar-refractivity contribution < 1.29 is 4.39 Å². The molecule has 1 aromatic heterocycles. The predicted molar refractivity (Wildman–Crippen MR) is 25.8 cm³/mol. The zero-order valence-corrected chi connectivity index (χ0v) is 4.17. The van der Waals surface area contributed by atoms with E-state index in [1.807, 2.05) is 0 Å². The summed E-state index contributed by atoms with van der Waals surface area (Å²) in [5.41, 5.74) is 0. The molecule has 0 fully saturated rings. The van der Waals surface area contributed by atoms with Crippen molar-refractivity contribution in [1.82, 2.24) is 4.98 Å². The van der Waals surface area contributed by atoms with Crippen LogP contribution in [0.25, 0.3) is 0 Å². The van der Waals surface area contributed by atoms with Crippen LogP contribution in [-0.2, 0) is 0 Å². The molecule has 0 saturated carbocycles. The van der Waals surface area contributed by atoms with Crippen LogP contribution in [0.3, 0.4) is 0 Å². The van der Waals surface area contributed by atoms with Gasteiger partial charge in [-0.2, -0.15) is 0 Å². The molecule has 38 valence electrons. The Morgan fingerprint density at radius 1 is 1.57 bits per heavy atom. The van der Waals surface area contributed by atoms with Crippen LogP contribution in [0.15, 0.2) is 12.4 Å². The molecule has 0 saturated heterocycles. The van der Waals surface area contributed by atoms with Crippen molar-refractivity contribution in [2.75, 3.05) is 0 Å². The maximum atomic E-state index is 11.9. The second kappa shape index (κ2) is 1.54. The highest BCUT2D eigenvalue weighted by molar-refractivity contribution is 6.30. The Bertz CT molecular complexity index is 144. The maximum absolute atomic E-state index is 11.9. The molecule has 7 heavy (non-hydrogen) atoms. The van der Waals surface area contributed by atoms with E-state index >= 15 is 0 Å². The number of hydrogen-bond acceptors (Lipinski definition) is 0. The molecule has 1 nitrogen and oxygen atoms in total. The number of aromatic nitrogens is 1. The zero-order valence-electron chi connectivity index (χ0n) is 3.41. The largest absolute Gasteiger partial charge is 0.364 e. The topological polar surface area (TPSA) is 15.8 Å². The molecule has 0 atom stereocenters. The highest BCUT2D eigenvalue weighted by atomic mass is 35.5. The normalized spacial score (nSPS) is 9.43. The van der Waals surface area contributed by atoms with Gasteiger partial charge in [-0.25, -0.2) is 4.39 Å². The summed E-state index contributed by atoms with van der Waals surface area (Å²) >= 11 is 5.22. The smallest absolute Gasteiger partial charge is 0.159 e. The monoisotopic (exact) mass is 119 g/mol. The highest BCUT2D eigenvalue weighted by Crippen LogP contribution is 2.10. The predicted octanol–water partition coefficient (Wildman–Crippen LogP) is 1.81. The van der Waals surface area contributed by atoms with E-state index in [0.29, 0.717) is 0 Å². The first-order chi connectivity index (χ1) is 3.30. The quantitative estimate of drug-likeness (QED) is 0.536. The van der Waals surface area contributed by atoms with Crippen molar-refractivity contribution in [2.24, 2.45) is 0 Å². The van der Waals surface area contributed by atoms with Gasteiger partial charge in [-0.1, -0.05) is 11.6 Å². The van der Waals surface area contributed by atoms with Gasteiger partial charge in [0, 0.05) is 12.4 Å². The van der Waals surface area contributed by atoms with Crippen LogP contribution in [0.2, 0.25) is 5.02 Å². The van der Waals surface area contributed by atoms with Gasteiger partial charge in [0.05, 0.1) is 5.02 Å². The van der Waals surface area contributed by atoms with E-state index < -0.39 is 5.82 Å². The minimum atomic E-state index is -0.401. The summed E-state index contributed by atoms with van der Waals surface area (Å²) in [5, 5.41) is 0.139. The Morgan fingerprint density at radius 2 is 2.29 bits per heavy atom. The number of rotatable bonds is 0. The zero-order chi connectivity index (χ0) is 5.28. The fourth-order valence-electron chi connectivity index (χ4n) is 0.326. The summed E-state index contributed by atoms with van der Waals surface area (Å²) in [6, 6.07) is 0. The first-order valence-corrected chi connectivity index (χ1v) is 2.16.